The number of likely N-dealkylation sites (tertiary alicyclic amines) is 1. The highest BCUT2D eigenvalue weighted by molar-refractivity contribution is 5.26. The number of aromatic amines is 1. The molecule has 1 aromatic heterocycles. The normalized spacial score (nSPS) is 21.7. The zero-order chi connectivity index (χ0) is 16.3. The summed E-state index contributed by atoms with van der Waals surface area (Å²) in [7, 11) is 1.78. The lowest BCUT2D eigenvalue weighted by atomic mass is 10.0. The van der Waals surface area contributed by atoms with Gasteiger partial charge in [0.15, 0.2) is 0 Å². The first-order valence-electron chi connectivity index (χ1n) is 8.06. The molecule has 5 heteroatoms. The summed E-state index contributed by atoms with van der Waals surface area (Å²) in [5, 5.41) is 7.09. The van der Waals surface area contributed by atoms with Crippen molar-refractivity contribution in [3.63, 3.8) is 0 Å². The van der Waals surface area contributed by atoms with E-state index in [2.05, 4.69) is 41.1 Å². The Kier molecular flexibility index (Phi) is 4.68. The first-order valence-corrected chi connectivity index (χ1v) is 8.06. The van der Waals surface area contributed by atoms with E-state index in [1.807, 2.05) is 18.3 Å². The number of hydrogen-bond donors (Lipinski definition) is 1. The van der Waals surface area contributed by atoms with Gasteiger partial charge < -0.3 is 9.47 Å². The van der Waals surface area contributed by atoms with Gasteiger partial charge in [-0.05, 0) is 32.4 Å². The van der Waals surface area contributed by atoms with Crippen LogP contribution in [0.5, 0.6) is 5.75 Å². The van der Waals surface area contributed by atoms with Crippen LogP contribution in [-0.4, -0.2) is 47.5 Å². The second kappa shape index (κ2) is 6.72. The monoisotopic (exact) mass is 315 g/mol. The number of H-pyrrole nitrogens is 1. The molecule has 0 aliphatic carbocycles. The molecule has 2 heterocycles. The van der Waals surface area contributed by atoms with Crippen LogP contribution in [0.1, 0.15) is 23.2 Å². The van der Waals surface area contributed by atoms with E-state index in [1.54, 1.807) is 7.11 Å². The number of aryl methyl sites for hydroxylation is 2. The second-order valence-corrected chi connectivity index (χ2v) is 6.47. The molecule has 3 rings (SSSR count). The average Bonchev–Trinajstić information content (AvgIpc) is 3.15. The Labute approximate surface area is 137 Å². The van der Waals surface area contributed by atoms with E-state index in [1.165, 1.54) is 11.1 Å². The van der Waals surface area contributed by atoms with Crippen LogP contribution in [0.15, 0.2) is 30.5 Å². The molecule has 1 saturated heterocycles. The Hall–Kier alpha value is -1.85. The molecular weight excluding hydrogens is 290 g/mol. The van der Waals surface area contributed by atoms with Gasteiger partial charge in [-0.25, -0.2) is 0 Å². The zero-order valence-corrected chi connectivity index (χ0v) is 14.1. The van der Waals surface area contributed by atoms with Crippen molar-refractivity contribution in [2.45, 2.75) is 32.4 Å². The van der Waals surface area contributed by atoms with E-state index in [9.17, 15) is 0 Å². The zero-order valence-electron chi connectivity index (χ0n) is 14.1. The fourth-order valence-corrected chi connectivity index (χ4v) is 3.03. The van der Waals surface area contributed by atoms with E-state index >= 15 is 0 Å². The quantitative estimate of drug-likeness (QED) is 0.890. The maximum absolute atomic E-state index is 5.98. The summed E-state index contributed by atoms with van der Waals surface area (Å²) < 4.78 is 11.8. The van der Waals surface area contributed by atoms with Crippen molar-refractivity contribution in [1.29, 1.82) is 0 Å². The van der Waals surface area contributed by atoms with Crippen molar-refractivity contribution in [2.75, 3.05) is 26.8 Å². The molecule has 2 aromatic rings. The van der Waals surface area contributed by atoms with Crippen molar-refractivity contribution in [3.05, 3.63) is 47.3 Å². The van der Waals surface area contributed by atoms with E-state index in [0.717, 1.165) is 37.5 Å². The predicted octanol–water partition coefficient (Wildman–Crippen LogP) is 2.70. The van der Waals surface area contributed by atoms with Crippen LogP contribution in [-0.2, 0) is 11.3 Å². The second-order valence-electron chi connectivity index (χ2n) is 6.47. The van der Waals surface area contributed by atoms with E-state index in [0.29, 0.717) is 6.61 Å². The van der Waals surface area contributed by atoms with Crippen LogP contribution in [0.3, 0.4) is 0 Å². The molecule has 1 aromatic carbocycles. The summed E-state index contributed by atoms with van der Waals surface area (Å²) >= 11 is 0. The third-order valence-corrected chi connectivity index (χ3v) is 4.68. The fourth-order valence-electron chi connectivity index (χ4n) is 3.03. The lowest BCUT2D eigenvalue weighted by Crippen LogP contribution is -2.41. The molecule has 0 amide bonds. The summed E-state index contributed by atoms with van der Waals surface area (Å²) in [4.78, 5) is 2.40. The minimum atomic E-state index is -0.234. The third-order valence-electron chi connectivity index (χ3n) is 4.68. The molecule has 23 heavy (non-hydrogen) atoms. The molecule has 1 aliphatic rings. The van der Waals surface area contributed by atoms with Gasteiger partial charge in [-0.2, -0.15) is 5.10 Å². The number of aromatic nitrogens is 2. The maximum Gasteiger partial charge on any atom is 0.119 e. The maximum atomic E-state index is 5.98. The first-order chi connectivity index (χ1) is 11.1. The van der Waals surface area contributed by atoms with Crippen LogP contribution in [0.2, 0.25) is 0 Å². The molecule has 124 valence electrons. The Morgan fingerprint density at radius 2 is 2.04 bits per heavy atom. The van der Waals surface area contributed by atoms with Crippen molar-refractivity contribution >= 4 is 0 Å². The molecule has 1 N–H and O–H groups in total. The van der Waals surface area contributed by atoms with Gasteiger partial charge in [0.2, 0.25) is 0 Å². The summed E-state index contributed by atoms with van der Waals surface area (Å²) in [6.45, 7) is 7.50. The van der Waals surface area contributed by atoms with Crippen LogP contribution in [0.4, 0.5) is 0 Å². The molecule has 1 atom stereocenters. The van der Waals surface area contributed by atoms with Crippen LogP contribution in [0.25, 0.3) is 0 Å². The highest BCUT2D eigenvalue weighted by Gasteiger charge is 2.39. The molecular formula is C18H25N3O2. The van der Waals surface area contributed by atoms with E-state index in [-0.39, 0.29) is 5.60 Å². The molecule has 0 spiro atoms. The number of benzene rings is 1. The SMILES string of the molecule is COC1(COc2ccc(C)cc2)CCN(Cc2cn[nH]c2C)C1. The number of rotatable bonds is 6. The highest BCUT2D eigenvalue weighted by atomic mass is 16.5. The highest BCUT2D eigenvalue weighted by Crippen LogP contribution is 2.27. The smallest absolute Gasteiger partial charge is 0.119 e. The van der Waals surface area contributed by atoms with Gasteiger partial charge in [0.05, 0.1) is 6.20 Å². The van der Waals surface area contributed by atoms with Crippen LogP contribution < -0.4 is 4.74 Å². The Morgan fingerprint density at radius 1 is 1.26 bits per heavy atom. The number of nitrogens with one attached hydrogen (secondary N) is 1. The number of methoxy groups -OCH3 is 1. The molecule has 1 fully saturated rings. The number of nitrogens with zero attached hydrogens (tertiary/aromatic N) is 2. The topological polar surface area (TPSA) is 50.4 Å². The van der Waals surface area contributed by atoms with Crippen LogP contribution >= 0.6 is 0 Å². The fraction of sp³-hybridized carbons (Fsp3) is 0.500. The molecule has 0 bridgehead atoms. The standard InChI is InChI=1S/C18H25N3O2/c1-14-4-6-17(7-5-14)23-13-18(22-3)8-9-21(12-18)11-16-10-19-20-15(16)2/h4-7,10H,8-9,11-13H2,1-3H3,(H,19,20). The number of ether oxygens (including phenoxy) is 2. The molecule has 0 radical (unpaired) electrons. The molecule has 1 unspecified atom stereocenters. The van der Waals surface area contributed by atoms with Gasteiger partial charge in [-0.15, -0.1) is 0 Å². The lowest BCUT2D eigenvalue weighted by Gasteiger charge is -2.28. The Morgan fingerprint density at radius 3 is 2.70 bits per heavy atom. The van der Waals surface area contributed by atoms with E-state index < -0.39 is 0 Å². The van der Waals surface area contributed by atoms with Gasteiger partial charge in [0.25, 0.3) is 0 Å². The lowest BCUT2D eigenvalue weighted by molar-refractivity contribution is -0.0359. The van der Waals surface area contributed by atoms with Gasteiger partial charge in [-0.3, -0.25) is 10.00 Å². The van der Waals surface area contributed by atoms with E-state index in [4.69, 9.17) is 9.47 Å². The van der Waals surface area contributed by atoms with Gasteiger partial charge in [0, 0.05) is 38.0 Å². The third kappa shape index (κ3) is 3.74. The van der Waals surface area contributed by atoms with Crippen molar-refractivity contribution < 1.29 is 9.47 Å². The minimum Gasteiger partial charge on any atom is -0.491 e. The molecule has 1 aliphatic heterocycles. The minimum absolute atomic E-state index is 0.234. The Bertz CT molecular complexity index is 638. The summed E-state index contributed by atoms with van der Waals surface area (Å²) in [5.74, 6) is 0.899. The largest absolute Gasteiger partial charge is 0.491 e. The van der Waals surface area contributed by atoms with Crippen molar-refractivity contribution in [2.24, 2.45) is 0 Å². The summed E-state index contributed by atoms with van der Waals surface area (Å²) in [6.07, 6.45) is 2.89. The first kappa shape index (κ1) is 16.0. The summed E-state index contributed by atoms with van der Waals surface area (Å²) in [6, 6.07) is 8.16. The average molecular weight is 315 g/mol. The van der Waals surface area contributed by atoms with Crippen molar-refractivity contribution in [1.82, 2.24) is 15.1 Å². The molecule has 0 saturated carbocycles. The Balaban J connectivity index is 1.58. The van der Waals surface area contributed by atoms with Gasteiger partial charge in [0.1, 0.15) is 18.0 Å². The number of hydrogen-bond acceptors (Lipinski definition) is 4. The molecule has 5 nitrogen and oxygen atoms in total. The van der Waals surface area contributed by atoms with Crippen LogP contribution in [0, 0.1) is 13.8 Å². The van der Waals surface area contributed by atoms with Gasteiger partial charge >= 0.3 is 0 Å². The summed E-state index contributed by atoms with van der Waals surface area (Å²) in [5.41, 5.74) is 3.39. The van der Waals surface area contributed by atoms with Crippen molar-refractivity contribution in [3.8, 4) is 5.75 Å². The predicted molar refractivity (Wildman–Crippen MR) is 89.6 cm³/mol. The van der Waals surface area contributed by atoms with Gasteiger partial charge in [-0.1, -0.05) is 17.7 Å².